The van der Waals surface area contributed by atoms with Crippen LogP contribution in [0.3, 0.4) is 0 Å². The molecular formula is C28H23IrN3S+. The van der Waals surface area contributed by atoms with E-state index in [-0.39, 0.29) is 20.1 Å². The van der Waals surface area contributed by atoms with Crippen LogP contribution in [0.1, 0.15) is 13.8 Å². The molecule has 164 valence electrons. The molecule has 0 aliphatic carbocycles. The van der Waals surface area contributed by atoms with Gasteiger partial charge >= 0.3 is 20.1 Å². The second-order valence-electron chi connectivity index (χ2n) is 8.04. The Hall–Kier alpha value is -2.72. The Morgan fingerprint density at radius 2 is 1.73 bits per heavy atom. The molecule has 0 atom stereocenters. The largest absolute Gasteiger partial charge is 3.00 e. The molecule has 5 heteroatoms. The predicted molar refractivity (Wildman–Crippen MR) is 129 cm³/mol. The molecule has 0 saturated carbocycles. The molecule has 1 aliphatic rings. The van der Waals surface area contributed by atoms with E-state index in [2.05, 4.69) is 70.7 Å². The van der Waals surface area contributed by atoms with Gasteiger partial charge in [-0.05, 0) is 22.6 Å². The van der Waals surface area contributed by atoms with E-state index in [9.17, 15) is 0 Å². The molecule has 0 spiro atoms. The zero-order valence-electron chi connectivity index (χ0n) is 18.5. The minimum Gasteiger partial charge on any atom is -0.340 e. The molecule has 3 nitrogen and oxygen atoms in total. The number of pyridine rings is 1. The number of benzene rings is 3. The van der Waals surface area contributed by atoms with Gasteiger partial charge in [-0.3, -0.25) is 0 Å². The quantitative estimate of drug-likeness (QED) is 0.173. The molecule has 0 N–H and O–H groups in total. The molecule has 0 radical (unpaired) electrons. The molecule has 1 aliphatic heterocycles. The molecule has 3 heterocycles. The molecule has 0 fully saturated rings. The topological polar surface area (TPSA) is 21.7 Å². The first kappa shape index (κ1) is 23.4. The van der Waals surface area contributed by atoms with E-state index < -0.39 is 0 Å². The van der Waals surface area contributed by atoms with Crippen LogP contribution in [-0.2, 0) is 26.7 Å². The van der Waals surface area contributed by atoms with E-state index in [4.69, 9.17) is 0 Å². The predicted octanol–water partition coefficient (Wildman–Crippen LogP) is 6.19. The second kappa shape index (κ2) is 10.5. The number of fused-ring (bicyclic) bond motifs is 2. The molecule has 33 heavy (non-hydrogen) atoms. The molecule has 6 rings (SSSR count). The summed E-state index contributed by atoms with van der Waals surface area (Å²) < 4.78 is 4.40. The van der Waals surface area contributed by atoms with Gasteiger partial charge in [0.15, 0.2) is 0 Å². The normalized spacial score (nSPS) is 11.4. The van der Waals surface area contributed by atoms with Crippen LogP contribution in [-0.4, -0.2) is 9.55 Å². The fourth-order valence-electron chi connectivity index (χ4n) is 3.79. The van der Waals surface area contributed by atoms with Crippen molar-refractivity contribution in [3.05, 3.63) is 104 Å². The number of hydrogen-bond acceptors (Lipinski definition) is 2. The van der Waals surface area contributed by atoms with Gasteiger partial charge in [-0.15, -0.1) is 35.9 Å². The number of rotatable bonds is 3. The van der Waals surface area contributed by atoms with E-state index >= 15 is 0 Å². The van der Waals surface area contributed by atoms with Crippen LogP contribution in [0.2, 0.25) is 0 Å². The maximum Gasteiger partial charge on any atom is 3.00 e. The fraction of sp³-hybridized carbons (Fsp3) is 0.143. The van der Waals surface area contributed by atoms with Crippen LogP contribution in [0.25, 0.3) is 28.0 Å². The van der Waals surface area contributed by atoms with Crippen molar-refractivity contribution < 1.29 is 24.7 Å². The molecule has 0 amide bonds. The summed E-state index contributed by atoms with van der Waals surface area (Å²) in [6.07, 6.45) is 5.30. The van der Waals surface area contributed by atoms with Crippen molar-refractivity contribution in [3.8, 4) is 16.9 Å². The van der Waals surface area contributed by atoms with Crippen molar-refractivity contribution in [2.75, 3.05) is 0 Å². The van der Waals surface area contributed by atoms with Crippen molar-refractivity contribution in [2.24, 2.45) is 5.92 Å². The number of nitrogens with zero attached hydrogens (tertiary/aromatic N) is 3. The number of imidazole rings is 1. The average molecular weight is 626 g/mol. The van der Waals surface area contributed by atoms with Gasteiger partial charge in [-0.2, -0.15) is 36.0 Å². The first-order valence-corrected chi connectivity index (χ1v) is 11.6. The monoisotopic (exact) mass is 626 g/mol. The van der Waals surface area contributed by atoms with Gasteiger partial charge in [-0.1, -0.05) is 54.8 Å². The summed E-state index contributed by atoms with van der Waals surface area (Å²) in [6, 6.07) is 32.8. The third-order valence-electron chi connectivity index (χ3n) is 5.15. The Morgan fingerprint density at radius 1 is 0.909 bits per heavy atom. The molecule has 0 unspecified atom stereocenters. The van der Waals surface area contributed by atoms with Crippen LogP contribution < -0.4 is 4.57 Å². The third-order valence-corrected chi connectivity index (χ3v) is 6.25. The first-order chi connectivity index (χ1) is 15.7. The minimum atomic E-state index is 0. The molecule has 3 aromatic carbocycles. The average Bonchev–Trinajstić information content (AvgIpc) is 3.20. The summed E-state index contributed by atoms with van der Waals surface area (Å²) in [7, 11) is 0. The van der Waals surface area contributed by atoms with E-state index in [1.165, 1.54) is 20.8 Å². The van der Waals surface area contributed by atoms with Crippen LogP contribution in [0.4, 0.5) is 0 Å². The van der Waals surface area contributed by atoms with Gasteiger partial charge in [0, 0.05) is 6.20 Å². The van der Waals surface area contributed by atoms with Crippen molar-refractivity contribution in [2.45, 2.75) is 30.2 Å². The first-order valence-electron chi connectivity index (χ1n) is 10.7. The number of para-hydroxylation sites is 2. The van der Waals surface area contributed by atoms with Gasteiger partial charge in [0.2, 0.25) is 6.33 Å². The van der Waals surface area contributed by atoms with Gasteiger partial charge in [0.25, 0.3) is 0 Å². The zero-order valence-corrected chi connectivity index (χ0v) is 21.7. The Balaban J connectivity index is 0.000000172. The SMILES string of the molecule is CC(C)Cn1[c-][n+]2c3c(cccc31)Sc1ccc[c-]c1-2.[Ir+3].[c-]1ccccc1-c1ccccn1. The van der Waals surface area contributed by atoms with E-state index in [0.717, 1.165) is 23.5 Å². The van der Waals surface area contributed by atoms with E-state index in [1.54, 1.807) is 6.20 Å². The molecular weight excluding hydrogens is 603 g/mol. The van der Waals surface area contributed by atoms with Crippen LogP contribution in [0.15, 0.2) is 94.9 Å². The Labute approximate surface area is 212 Å². The van der Waals surface area contributed by atoms with Crippen LogP contribution >= 0.6 is 11.8 Å². The van der Waals surface area contributed by atoms with E-state index in [0.29, 0.717) is 5.92 Å². The Kier molecular flexibility index (Phi) is 7.44. The van der Waals surface area contributed by atoms with Gasteiger partial charge in [-0.25, -0.2) is 0 Å². The van der Waals surface area contributed by atoms with Gasteiger partial charge in [0.1, 0.15) is 0 Å². The summed E-state index contributed by atoms with van der Waals surface area (Å²) in [5.74, 6) is 0.603. The van der Waals surface area contributed by atoms with Gasteiger partial charge < -0.3 is 14.1 Å². The van der Waals surface area contributed by atoms with E-state index in [1.807, 2.05) is 66.4 Å². The number of aromatic nitrogens is 3. The molecule has 0 saturated heterocycles. The zero-order chi connectivity index (χ0) is 21.9. The fourth-order valence-corrected chi connectivity index (χ4v) is 4.86. The summed E-state index contributed by atoms with van der Waals surface area (Å²) in [5.41, 5.74) is 5.64. The van der Waals surface area contributed by atoms with Crippen LogP contribution in [0, 0.1) is 24.4 Å². The summed E-state index contributed by atoms with van der Waals surface area (Å²) in [5, 5.41) is 0. The third kappa shape index (κ3) is 4.96. The standard InChI is InChI=1S/C17H15N2S.C11H8N.Ir/c1-12(2)10-18-11-19-13-6-3-4-8-15(13)20-16-9-5-7-14(18)17(16)19;1-2-6-10(7-3-1)11-8-4-5-9-12-11;/h3-5,7-9,12H,10H2,1-2H3;1-6,8-9H;/q2*-1;+3. The number of hydrogen-bond donors (Lipinski definition) is 0. The maximum absolute atomic E-state index is 4.22. The van der Waals surface area contributed by atoms with Crippen molar-refractivity contribution >= 4 is 22.8 Å². The Bertz CT molecular complexity index is 1310. The molecule has 2 aromatic heterocycles. The minimum absolute atomic E-state index is 0. The summed E-state index contributed by atoms with van der Waals surface area (Å²) in [6.45, 7) is 5.46. The van der Waals surface area contributed by atoms with Crippen molar-refractivity contribution in [3.63, 3.8) is 0 Å². The molecule has 5 aromatic rings. The smallest absolute Gasteiger partial charge is 0.340 e. The maximum atomic E-state index is 4.22. The van der Waals surface area contributed by atoms with Crippen molar-refractivity contribution in [1.82, 2.24) is 9.55 Å². The van der Waals surface area contributed by atoms with Crippen LogP contribution in [0.5, 0.6) is 0 Å². The Morgan fingerprint density at radius 3 is 2.48 bits per heavy atom. The van der Waals surface area contributed by atoms with Gasteiger partial charge in [0.05, 0.1) is 17.6 Å². The summed E-state index contributed by atoms with van der Waals surface area (Å²) in [4.78, 5) is 6.76. The molecule has 0 bridgehead atoms. The summed E-state index contributed by atoms with van der Waals surface area (Å²) >= 11 is 1.82. The second-order valence-corrected chi connectivity index (χ2v) is 9.12. The van der Waals surface area contributed by atoms with Crippen molar-refractivity contribution in [1.29, 1.82) is 0 Å².